The molecule has 31 heavy (non-hydrogen) atoms. The molecule has 158 valence electrons. The smallest absolute Gasteiger partial charge is 0.331 e. The van der Waals surface area contributed by atoms with Gasteiger partial charge in [0.1, 0.15) is 11.9 Å². The van der Waals surface area contributed by atoms with Crippen molar-refractivity contribution in [2.75, 3.05) is 6.61 Å². The summed E-state index contributed by atoms with van der Waals surface area (Å²) in [6.45, 7) is 0.756. The van der Waals surface area contributed by atoms with E-state index in [0.717, 1.165) is 10.1 Å². The van der Waals surface area contributed by atoms with Crippen molar-refractivity contribution in [2.45, 2.75) is 12.6 Å². The Kier molecular flexibility index (Phi) is 4.60. The number of aromatic nitrogens is 3. The molecule has 1 unspecified atom stereocenters. The van der Waals surface area contributed by atoms with Crippen LogP contribution in [0.1, 0.15) is 17.4 Å². The number of halogens is 2. The zero-order chi connectivity index (χ0) is 21.9. The Balaban J connectivity index is 1.98. The summed E-state index contributed by atoms with van der Waals surface area (Å²) in [4.78, 5) is 26.1. The van der Waals surface area contributed by atoms with Crippen molar-refractivity contribution in [2.24, 2.45) is 14.1 Å². The quantitative estimate of drug-likeness (QED) is 0.479. The van der Waals surface area contributed by atoms with Crippen molar-refractivity contribution < 1.29 is 9.13 Å². The molecule has 4 aromatic rings. The Morgan fingerprint density at radius 2 is 1.77 bits per heavy atom. The number of benzene rings is 2. The lowest BCUT2D eigenvalue weighted by Crippen LogP contribution is -2.37. The predicted molar refractivity (Wildman–Crippen MR) is 117 cm³/mol. The summed E-state index contributed by atoms with van der Waals surface area (Å²) in [5.74, 6) is -0.504. The molecule has 1 aliphatic rings. The van der Waals surface area contributed by atoms with Gasteiger partial charge in [-0.3, -0.25) is 13.9 Å². The van der Waals surface area contributed by atoms with Gasteiger partial charge in [0.15, 0.2) is 0 Å². The third kappa shape index (κ3) is 2.80. The van der Waals surface area contributed by atoms with Gasteiger partial charge in [-0.05, 0) is 17.7 Å². The summed E-state index contributed by atoms with van der Waals surface area (Å²) >= 11 is 6.37. The van der Waals surface area contributed by atoms with Gasteiger partial charge in [-0.2, -0.15) is 0 Å². The highest BCUT2D eigenvalue weighted by Gasteiger charge is 2.35. The van der Waals surface area contributed by atoms with E-state index in [4.69, 9.17) is 16.3 Å². The van der Waals surface area contributed by atoms with E-state index in [0.29, 0.717) is 35.4 Å². The van der Waals surface area contributed by atoms with Crippen LogP contribution in [0.15, 0.2) is 58.1 Å². The van der Waals surface area contributed by atoms with E-state index in [2.05, 4.69) is 0 Å². The second-order valence-corrected chi connectivity index (χ2v) is 7.97. The topological polar surface area (TPSA) is 58.2 Å². The Hall–Kier alpha value is -3.16. The van der Waals surface area contributed by atoms with Crippen molar-refractivity contribution in [3.8, 4) is 11.3 Å². The summed E-state index contributed by atoms with van der Waals surface area (Å²) in [7, 11) is 3.06. The maximum atomic E-state index is 14.9. The van der Waals surface area contributed by atoms with Gasteiger partial charge >= 0.3 is 5.69 Å². The molecule has 0 N–H and O–H groups in total. The summed E-state index contributed by atoms with van der Waals surface area (Å²) in [6, 6.07) is 13.9. The van der Waals surface area contributed by atoms with Crippen LogP contribution < -0.4 is 11.2 Å². The van der Waals surface area contributed by atoms with Gasteiger partial charge in [0.25, 0.3) is 5.56 Å². The molecule has 0 aliphatic carbocycles. The lowest BCUT2D eigenvalue weighted by molar-refractivity contribution is 0.0458. The van der Waals surface area contributed by atoms with Crippen LogP contribution in [0, 0.1) is 5.82 Å². The first-order valence-corrected chi connectivity index (χ1v) is 10.2. The third-order valence-electron chi connectivity index (χ3n) is 5.86. The third-order valence-corrected chi connectivity index (χ3v) is 6.19. The largest absolute Gasteiger partial charge is 0.365 e. The molecule has 5 rings (SSSR count). The molecule has 0 saturated heterocycles. The normalized spacial score (nSPS) is 15.9. The van der Waals surface area contributed by atoms with Crippen LogP contribution >= 0.6 is 11.6 Å². The molecular weight excluding hydrogens is 421 g/mol. The number of fused-ring (bicyclic) bond motifs is 3. The van der Waals surface area contributed by atoms with Gasteiger partial charge in [0, 0.05) is 31.2 Å². The molecule has 8 heteroatoms. The molecular formula is C23H19ClFN3O3. The standard InChI is InChI=1S/C23H19ClFN3O3/c1-26-19-17(22(29)27(2)23(26)30)18(13-7-4-3-5-8-13)28-11-12-31-21(20(19)28)16-14(24)9-6-10-15(16)25/h3-10,21H,11-12H2,1-2H3. The van der Waals surface area contributed by atoms with Crippen molar-refractivity contribution in [1.82, 2.24) is 13.7 Å². The van der Waals surface area contributed by atoms with Crippen LogP contribution in [-0.2, 0) is 25.4 Å². The molecule has 0 bridgehead atoms. The van der Waals surface area contributed by atoms with Crippen molar-refractivity contribution in [3.05, 3.63) is 91.5 Å². The van der Waals surface area contributed by atoms with E-state index in [1.165, 1.54) is 23.7 Å². The van der Waals surface area contributed by atoms with E-state index in [1.54, 1.807) is 13.1 Å². The van der Waals surface area contributed by atoms with Gasteiger partial charge in [-0.15, -0.1) is 0 Å². The fourth-order valence-electron chi connectivity index (χ4n) is 4.46. The van der Waals surface area contributed by atoms with Crippen molar-refractivity contribution in [1.29, 1.82) is 0 Å². The average molecular weight is 440 g/mol. The molecule has 0 fully saturated rings. The fourth-order valence-corrected chi connectivity index (χ4v) is 4.72. The molecule has 2 aromatic carbocycles. The molecule has 0 saturated carbocycles. The number of hydrogen-bond acceptors (Lipinski definition) is 3. The summed E-state index contributed by atoms with van der Waals surface area (Å²) in [5, 5.41) is 0.622. The van der Waals surface area contributed by atoms with Crippen LogP contribution in [0.25, 0.3) is 22.2 Å². The first-order chi connectivity index (χ1) is 14.9. The molecule has 0 spiro atoms. The molecule has 1 aliphatic heterocycles. The first-order valence-electron chi connectivity index (χ1n) is 9.84. The van der Waals surface area contributed by atoms with Crippen LogP contribution in [0.2, 0.25) is 5.02 Å². The molecule has 2 aromatic heterocycles. The van der Waals surface area contributed by atoms with E-state index in [1.807, 2.05) is 34.9 Å². The van der Waals surface area contributed by atoms with E-state index < -0.39 is 23.2 Å². The SMILES string of the molecule is Cn1c(=O)c2c(-c3ccccc3)n3c(c2n(C)c1=O)C(c1c(F)cccc1Cl)OCC3. The minimum absolute atomic E-state index is 0.192. The van der Waals surface area contributed by atoms with Gasteiger partial charge in [0.05, 0.1) is 28.9 Å². The zero-order valence-electron chi connectivity index (χ0n) is 16.9. The summed E-state index contributed by atoms with van der Waals surface area (Å²) < 4.78 is 25.3. The second kappa shape index (κ2) is 7.21. The van der Waals surface area contributed by atoms with E-state index in [9.17, 15) is 14.0 Å². The van der Waals surface area contributed by atoms with Gasteiger partial charge in [-0.1, -0.05) is 48.0 Å². The van der Waals surface area contributed by atoms with E-state index >= 15 is 0 Å². The highest BCUT2D eigenvalue weighted by atomic mass is 35.5. The second-order valence-electron chi connectivity index (χ2n) is 7.57. The molecule has 6 nitrogen and oxygen atoms in total. The number of nitrogens with zero attached hydrogens (tertiary/aromatic N) is 3. The number of rotatable bonds is 2. The van der Waals surface area contributed by atoms with Crippen LogP contribution in [-0.4, -0.2) is 20.3 Å². The lowest BCUT2D eigenvalue weighted by Gasteiger charge is -2.28. The van der Waals surface area contributed by atoms with Crippen LogP contribution in [0.5, 0.6) is 0 Å². The number of aryl methyl sites for hydroxylation is 1. The van der Waals surface area contributed by atoms with Crippen molar-refractivity contribution in [3.63, 3.8) is 0 Å². The summed E-state index contributed by atoms with van der Waals surface area (Å²) in [6.07, 6.45) is -0.861. The van der Waals surface area contributed by atoms with Crippen molar-refractivity contribution >= 4 is 22.5 Å². The molecule has 0 radical (unpaired) electrons. The zero-order valence-corrected chi connectivity index (χ0v) is 17.7. The Morgan fingerprint density at radius 3 is 2.48 bits per heavy atom. The van der Waals surface area contributed by atoms with Gasteiger partial charge < -0.3 is 9.30 Å². The molecule has 3 heterocycles. The van der Waals surface area contributed by atoms with Crippen LogP contribution in [0.3, 0.4) is 0 Å². The predicted octanol–water partition coefficient (Wildman–Crippen LogP) is 3.62. The van der Waals surface area contributed by atoms with Gasteiger partial charge in [0.2, 0.25) is 0 Å². The Labute approximate surface area is 181 Å². The number of hydrogen-bond donors (Lipinski definition) is 0. The van der Waals surface area contributed by atoms with Gasteiger partial charge in [-0.25, -0.2) is 9.18 Å². The highest BCUT2D eigenvalue weighted by Crippen LogP contribution is 2.42. The minimum Gasteiger partial charge on any atom is -0.365 e. The monoisotopic (exact) mass is 439 g/mol. The summed E-state index contributed by atoms with van der Waals surface area (Å²) in [5.41, 5.74) is 1.81. The molecule has 0 amide bonds. The lowest BCUT2D eigenvalue weighted by atomic mass is 10.0. The maximum absolute atomic E-state index is 14.9. The van der Waals surface area contributed by atoms with Crippen LogP contribution in [0.4, 0.5) is 4.39 Å². The minimum atomic E-state index is -0.861. The fraction of sp³-hybridized carbons (Fsp3) is 0.217. The van der Waals surface area contributed by atoms with E-state index in [-0.39, 0.29) is 10.6 Å². The maximum Gasteiger partial charge on any atom is 0.331 e. The number of ether oxygens (including phenoxy) is 1. The highest BCUT2D eigenvalue weighted by molar-refractivity contribution is 6.31. The Morgan fingerprint density at radius 1 is 1.03 bits per heavy atom. The first kappa shape index (κ1) is 19.8. The molecule has 1 atom stereocenters. The average Bonchev–Trinajstić information content (AvgIpc) is 3.13. The Bertz CT molecular complexity index is 1430.